The lowest BCUT2D eigenvalue weighted by atomic mass is 9.94. The molecule has 0 spiro atoms. The molecule has 3 aromatic rings. The third kappa shape index (κ3) is 4.89. The fourth-order valence-corrected chi connectivity index (χ4v) is 3.18. The highest BCUT2D eigenvalue weighted by atomic mass is 35.5. The quantitative estimate of drug-likeness (QED) is 0.622. The summed E-state index contributed by atoms with van der Waals surface area (Å²) in [4.78, 5) is 16.0. The molecular formula is C19H15Cl2F3N4O. The Kier molecular flexibility index (Phi) is 6.14. The second-order valence-corrected chi connectivity index (χ2v) is 7.07. The van der Waals surface area contributed by atoms with Crippen LogP contribution in [0.1, 0.15) is 33.1 Å². The summed E-state index contributed by atoms with van der Waals surface area (Å²) >= 11 is 12.0. The molecule has 5 nitrogen and oxygen atoms in total. The highest BCUT2D eigenvalue weighted by Crippen LogP contribution is 2.30. The van der Waals surface area contributed by atoms with Crippen molar-refractivity contribution in [2.75, 3.05) is 6.54 Å². The average molecular weight is 443 g/mol. The van der Waals surface area contributed by atoms with Gasteiger partial charge in [-0.3, -0.25) is 14.5 Å². The lowest BCUT2D eigenvalue weighted by Crippen LogP contribution is -2.29. The predicted octanol–water partition coefficient (Wildman–Crippen LogP) is 4.70. The summed E-state index contributed by atoms with van der Waals surface area (Å²) in [6.07, 6.45) is -0.0689. The molecule has 1 atom stereocenters. The molecule has 2 aromatic heterocycles. The minimum Gasteiger partial charge on any atom is -0.351 e. The monoisotopic (exact) mass is 442 g/mol. The van der Waals surface area contributed by atoms with E-state index in [-0.39, 0.29) is 22.2 Å². The number of amides is 1. The van der Waals surface area contributed by atoms with Gasteiger partial charge in [0.15, 0.2) is 0 Å². The van der Waals surface area contributed by atoms with Crippen LogP contribution in [0.25, 0.3) is 0 Å². The highest BCUT2D eigenvalue weighted by molar-refractivity contribution is 6.43. The summed E-state index contributed by atoms with van der Waals surface area (Å²) in [5, 5.41) is 7.22. The first kappa shape index (κ1) is 21.1. The fraction of sp³-hybridized carbons (Fsp3) is 0.211. The van der Waals surface area contributed by atoms with Gasteiger partial charge in [-0.05, 0) is 29.3 Å². The van der Waals surface area contributed by atoms with Crippen LogP contribution in [0.5, 0.6) is 0 Å². The third-order valence-corrected chi connectivity index (χ3v) is 5.09. The Labute approximate surface area is 174 Å². The number of alkyl halides is 3. The van der Waals surface area contributed by atoms with Crippen molar-refractivity contribution in [2.45, 2.75) is 12.1 Å². The van der Waals surface area contributed by atoms with Crippen LogP contribution in [0.2, 0.25) is 10.0 Å². The molecular weight excluding hydrogens is 428 g/mol. The number of hydrogen-bond acceptors (Lipinski definition) is 3. The van der Waals surface area contributed by atoms with Gasteiger partial charge in [0.25, 0.3) is 5.91 Å². The van der Waals surface area contributed by atoms with Crippen LogP contribution in [0, 0.1) is 0 Å². The number of hydrogen-bond donors (Lipinski definition) is 1. The van der Waals surface area contributed by atoms with E-state index < -0.39 is 23.7 Å². The Morgan fingerprint density at radius 1 is 1.17 bits per heavy atom. The van der Waals surface area contributed by atoms with E-state index in [1.165, 1.54) is 12.1 Å². The first-order valence-electron chi connectivity index (χ1n) is 8.40. The van der Waals surface area contributed by atoms with Gasteiger partial charge in [0.1, 0.15) is 5.69 Å². The van der Waals surface area contributed by atoms with Crippen LogP contribution in [-0.2, 0) is 13.2 Å². The van der Waals surface area contributed by atoms with Crippen LogP contribution in [0.15, 0.2) is 48.9 Å². The Balaban J connectivity index is 1.85. The van der Waals surface area contributed by atoms with Crippen molar-refractivity contribution >= 4 is 29.1 Å². The number of carbonyl (C=O) groups is 1. The van der Waals surface area contributed by atoms with Gasteiger partial charge >= 0.3 is 6.18 Å². The summed E-state index contributed by atoms with van der Waals surface area (Å²) in [5.74, 6) is -0.911. The molecule has 0 fully saturated rings. The largest absolute Gasteiger partial charge is 0.433 e. The Morgan fingerprint density at radius 3 is 2.52 bits per heavy atom. The number of carbonyl (C=O) groups excluding carboxylic acids is 1. The number of nitrogens with one attached hydrogen (secondary N) is 1. The SMILES string of the molecule is Cn1cc(C(CNC(=O)c2cccc(Cl)c2Cl)c2ccc(C(F)(F)F)nc2)cn1. The number of aryl methyl sites for hydroxylation is 1. The van der Waals surface area contributed by atoms with Gasteiger partial charge in [0, 0.05) is 31.9 Å². The van der Waals surface area contributed by atoms with Crippen LogP contribution in [0.4, 0.5) is 13.2 Å². The Hall–Kier alpha value is -2.58. The lowest BCUT2D eigenvalue weighted by molar-refractivity contribution is -0.141. The van der Waals surface area contributed by atoms with Gasteiger partial charge in [-0.1, -0.05) is 35.3 Å². The van der Waals surface area contributed by atoms with Crippen LogP contribution in [0.3, 0.4) is 0 Å². The standard InChI is InChI=1S/C19H15Cl2F3N4O/c1-28-10-12(8-27-28)14(11-5-6-16(25-7-11)19(22,23)24)9-26-18(29)13-3-2-4-15(20)17(13)21/h2-8,10,14H,9H2,1H3,(H,26,29). The fourth-order valence-electron chi connectivity index (χ4n) is 2.80. The maximum absolute atomic E-state index is 12.8. The zero-order valence-electron chi connectivity index (χ0n) is 15.0. The summed E-state index contributed by atoms with van der Waals surface area (Å²) < 4.78 is 40.0. The maximum atomic E-state index is 12.8. The molecule has 1 unspecified atom stereocenters. The average Bonchev–Trinajstić information content (AvgIpc) is 3.09. The summed E-state index contributed by atoms with van der Waals surface area (Å²) in [7, 11) is 1.72. The van der Waals surface area contributed by atoms with Gasteiger partial charge in [-0.15, -0.1) is 0 Å². The minimum absolute atomic E-state index is 0.0976. The molecule has 0 aliphatic heterocycles. The van der Waals surface area contributed by atoms with Crippen LogP contribution in [-0.4, -0.2) is 27.2 Å². The van der Waals surface area contributed by atoms with Gasteiger partial charge < -0.3 is 5.32 Å². The topological polar surface area (TPSA) is 59.8 Å². The van der Waals surface area contributed by atoms with Gasteiger partial charge in [0.05, 0.1) is 21.8 Å². The first-order valence-corrected chi connectivity index (χ1v) is 9.16. The van der Waals surface area contributed by atoms with E-state index in [2.05, 4.69) is 15.4 Å². The zero-order chi connectivity index (χ0) is 21.2. The van der Waals surface area contributed by atoms with E-state index in [9.17, 15) is 18.0 Å². The van der Waals surface area contributed by atoms with Crippen molar-refractivity contribution < 1.29 is 18.0 Å². The van der Waals surface area contributed by atoms with Crippen molar-refractivity contribution in [2.24, 2.45) is 7.05 Å². The van der Waals surface area contributed by atoms with Crippen molar-refractivity contribution in [1.29, 1.82) is 0 Å². The molecule has 10 heteroatoms. The zero-order valence-corrected chi connectivity index (χ0v) is 16.6. The second kappa shape index (κ2) is 8.42. The third-order valence-electron chi connectivity index (χ3n) is 4.27. The number of aromatic nitrogens is 3. The molecule has 0 aliphatic carbocycles. The number of nitrogens with zero attached hydrogens (tertiary/aromatic N) is 3. The van der Waals surface area contributed by atoms with Gasteiger partial charge in [-0.2, -0.15) is 18.3 Å². The Morgan fingerprint density at radius 2 is 1.93 bits per heavy atom. The van der Waals surface area contributed by atoms with Crippen molar-refractivity contribution in [3.8, 4) is 0 Å². The molecule has 0 aliphatic rings. The molecule has 152 valence electrons. The molecule has 1 aromatic carbocycles. The predicted molar refractivity (Wildman–Crippen MR) is 103 cm³/mol. The van der Waals surface area contributed by atoms with Crippen LogP contribution < -0.4 is 5.32 Å². The minimum atomic E-state index is -4.53. The lowest BCUT2D eigenvalue weighted by Gasteiger charge is -2.18. The van der Waals surface area contributed by atoms with E-state index in [4.69, 9.17) is 23.2 Å². The summed E-state index contributed by atoms with van der Waals surface area (Å²) in [6, 6.07) is 6.94. The van der Waals surface area contributed by atoms with Gasteiger partial charge in [0.2, 0.25) is 0 Å². The molecule has 29 heavy (non-hydrogen) atoms. The van der Waals surface area contributed by atoms with Crippen LogP contribution >= 0.6 is 23.2 Å². The van der Waals surface area contributed by atoms with Gasteiger partial charge in [-0.25, -0.2) is 0 Å². The first-order chi connectivity index (χ1) is 13.7. The molecule has 1 amide bonds. The van der Waals surface area contributed by atoms with E-state index in [1.807, 2.05) is 0 Å². The molecule has 0 saturated heterocycles. The van der Waals surface area contributed by atoms with E-state index in [0.29, 0.717) is 11.1 Å². The maximum Gasteiger partial charge on any atom is 0.433 e. The van der Waals surface area contributed by atoms with Crippen molar-refractivity contribution in [3.05, 3.63) is 81.4 Å². The second-order valence-electron chi connectivity index (χ2n) is 6.29. The number of halogens is 5. The smallest absolute Gasteiger partial charge is 0.351 e. The molecule has 0 saturated carbocycles. The number of benzene rings is 1. The van der Waals surface area contributed by atoms with Crippen molar-refractivity contribution in [3.63, 3.8) is 0 Å². The Bertz CT molecular complexity index is 1020. The molecule has 0 bridgehead atoms. The molecule has 1 N–H and O–H groups in total. The number of pyridine rings is 1. The van der Waals surface area contributed by atoms with E-state index >= 15 is 0 Å². The van der Waals surface area contributed by atoms with Crippen molar-refractivity contribution in [1.82, 2.24) is 20.1 Å². The normalized spacial score (nSPS) is 12.6. The van der Waals surface area contributed by atoms with E-state index in [1.54, 1.807) is 36.3 Å². The number of rotatable bonds is 5. The van der Waals surface area contributed by atoms with E-state index in [0.717, 1.165) is 12.3 Å². The summed E-state index contributed by atoms with van der Waals surface area (Å²) in [6.45, 7) is 0.0976. The molecule has 2 heterocycles. The summed E-state index contributed by atoms with van der Waals surface area (Å²) in [5.41, 5.74) is 0.436. The molecule has 0 radical (unpaired) electrons. The highest BCUT2D eigenvalue weighted by Gasteiger charge is 2.32. The molecule has 3 rings (SSSR count).